The molecule has 0 heterocycles. The summed E-state index contributed by atoms with van der Waals surface area (Å²) in [6, 6.07) is 10.0. The predicted molar refractivity (Wildman–Crippen MR) is 78.6 cm³/mol. The first kappa shape index (κ1) is 17.1. The molecule has 122 valence electrons. The predicted octanol–water partition coefficient (Wildman–Crippen LogP) is 4.62. The van der Waals surface area contributed by atoms with Crippen LogP contribution in [0.25, 0.3) is 0 Å². The molecule has 8 heteroatoms. The second kappa shape index (κ2) is 6.91. The van der Waals surface area contributed by atoms with E-state index in [0.29, 0.717) is 0 Å². The largest absolute Gasteiger partial charge is 0.573 e. The van der Waals surface area contributed by atoms with Crippen molar-refractivity contribution in [3.05, 3.63) is 58.1 Å². The van der Waals surface area contributed by atoms with Crippen LogP contribution in [-0.2, 0) is 6.61 Å². The summed E-state index contributed by atoms with van der Waals surface area (Å²) in [6.45, 7) is 0.0764. The number of carbonyl (C=O) groups is 1. The molecule has 0 saturated carbocycles. The zero-order valence-corrected chi connectivity index (χ0v) is 13.0. The lowest BCUT2D eigenvalue weighted by molar-refractivity contribution is -0.274. The van der Waals surface area contributed by atoms with Crippen molar-refractivity contribution in [3.63, 3.8) is 0 Å². The number of carboxylic acids is 1. The van der Waals surface area contributed by atoms with Gasteiger partial charge in [-0.2, -0.15) is 0 Å². The highest BCUT2D eigenvalue weighted by Gasteiger charge is 2.31. The summed E-state index contributed by atoms with van der Waals surface area (Å²) in [6.07, 6.45) is -4.89. The number of ether oxygens (including phenoxy) is 2. The first-order chi connectivity index (χ1) is 10.7. The summed E-state index contributed by atoms with van der Waals surface area (Å²) in [4.78, 5) is 11.2. The van der Waals surface area contributed by atoms with Crippen LogP contribution in [0.3, 0.4) is 0 Å². The minimum Gasteiger partial charge on any atom is -0.488 e. The molecule has 0 spiro atoms. The zero-order chi connectivity index (χ0) is 17.0. The summed E-state index contributed by atoms with van der Waals surface area (Å²) in [5.74, 6) is -2.08. The van der Waals surface area contributed by atoms with E-state index < -0.39 is 23.6 Å². The molecule has 0 unspecified atom stereocenters. The van der Waals surface area contributed by atoms with Gasteiger partial charge in [0.2, 0.25) is 0 Å². The Morgan fingerprint density at radius 1 is 1.13 bits per heavy atom. The highest BCUT2D eigenvalue weighted by atomic mass is 79.9. The molecule has 0 bridgehead atoms. The molecule has 1 N–H and O–H groups in total. The molecule has 2 aromatic carbocycles. The molecule has 2 rings (SSSR count). The Kier molecular flexibility index (Phi) is 5.15. The molecule has 0 aliphatic carbocycles. The number of alkyl halides is 3. The van der Waals surface area contributed by atoms with Crippen molar-refractivity contribution < 1.29 is 32.5 Å². The first-order valence-corrected chi connectivity index (χ1v) is 7.04. The van der Waals surface area contributed by atoms with Gasteiger partial charge in [0.05, 0.1) is 0 Å². The molecular weight excluding hydrogens is 381 g/mol. The van der Waals surface area contributed by atoms with E-state index in [2.05, 4.69) is 20.7 Å². The maximum Gasteiger partial charge on any atom is 0.573 e. The lowest BCUT2D eigenvalue weighted by Gasteiger charge is -2.13. The summed E-state index contributed by atoms with van der Waals surface area (Å²) >= 11 is 3.28. The van der Waals surface area contributed by atoms with Crippen LogP contribution < -0.4 is 9.47 Å². The Bertz CT molecular complexity index is 699. The van der Waals surface area contributed by atoms with Gasteiger partial charge in [0, 0.05) is 4.47 Å². The minimum atomic E-state index is -4.89. The average Bonchev–Trinajstić information content (AvgIpc) is 2.45. The quantitative estimate of drug-likeness (QED) is 0.808. The molecule has 23 heavy (non-hydrogen) atoms. The van der Waals surface area contributed by atoms with Gasteiger partial charge >= 0.3 is 12.3 Å². The number of aromatic carboxylic acids is 1. The van der Waals surface area contributed by atoms with Crippen molar-refractivity contribution in [1.29, 1.82) is 0 Å². The van der Waals surface area contributed by atoms with Crippen LogP contribution in [0.2, 0.25) is 0 Å². The summed E-state index contributed by atoms with van der Waals surface area (Å²) in [5.41, 5.74) is 0.365. The third-order valence-corrected chi connectivity index (χ3v) is 3.25. The summed E-state index contributed by atoms with van der Waals surface area (Å²) < 4.78 is 46.5. The van der Waals surface area contributed by atoms with E-state index in [0.717, 1.165) is 28.2 Å². The Morgan fingerprint density at radius 3 is 2.35 bits per heavy atom. The third kappa shape index (κ3) is 5.17. The van der Waals surface area contributed by atoms with Crippen molar-refractivity contribution >= 4 is 21.9 Å². The van der Waals surface area contributed by atoms with Gasteiger partial charge in [0.25, 0.3) is 0 Å². The van der Waals surface area contributed by atoms with Crippen molar-refractivity contribution in [3.8, 4) is 11.5 Å². The van der Waals surface area contributed by atoms with E-state index in [1.807, 2.05) is 0 Å². The van der Waals surface area contributed by atoms with Gasteiger partial charge in [0.15, 0.2) is 0 Å². The van der Waals surface area contributed by atoms with Crippen LogP contribution in [0, 0.1) is 0 Å². The van der Waals surface area contributed by atoms with Gasteiger partial charge in [0.1, 0.15) is 23.7 Å². The molecule has 0 atom stereocenters. The number of carboxylic acid groups (broad SMARTS) is 1. The molecule has 4 nitrogen and oxygen atoms in total. The Labute approximate surface area is 137 Å². The number of benzene rings is 2. The average molecular weight is 391 g/mol. The maximum absolute atomic E-state index is 12.2. The summed E-state index contributed by atoms with van der Waals surface area (Å²) in [7, 11) is 0. The van der Waals surface area contributed by atoms with E-state index in [4.69, 9.17) is 9.84 Å². The second-order valence-electron chi connectivity index (χ2n) is 4.43. The van der Waals surface area contributed by atoms with Crippen LogP contribution in [0.5, 0.6) is 11.5 Å². The molecule has 0 fully saturated rings. The van der Waals surface area contributed by atoms with E-state index in [-0.39, 0.29) is 12.4 Å². The molecular formula is C15H10BrF3O4. The number of rotatable bonds is 5. The van der Waals surface area contributed by atoms with Crippen molar-refractivity contribution in [2.75, 3.05) is 0 Å². The topological polar surface area (TPSA) is 55.8 Å². The van der Waals surface area contributed by atoms with Crippen molar-refractivity contribution in [1.82, 2.24) is 0 Å². The normalized spacial score (nSPS) is 11.1. The van der Waals surface area contributed by atoms with Crippen molar-refractivity contribution in [2.45, 2.75) is 13.0 Å². The highest BCUT2D eigenvalue weighted by Crippen LogP contribution is 2.29. The van der Waals surface area contributed by atoms with E-state index in [1.54, 1.807) is 24.3 Å². The zero-order valence-electron chi connectivity index (χ0n) is 11.4. The minimum absolute atomic E-state index is 0.0463. The molecule has 0 aliphatic rings. The van der Waals surface area contributed by atoms with Crippen molar-refractivity contribution in [2.24, 2.45) is 0 Å². The summed E-state index contributed by atoms with van der Waals surface area (Å²) in [5, 5.41) is 9.10. The molecule has 0 aliphatic heterocycles. The lowest BCUT2D eigenvalue weighted by atomic mass is 10.2. The van der Waals surface area contributed by atoms with Crippen LogP contribution in [0.15, 0.2) is 46.9 Å². The Balaban J connectivity index is 2.17. The van der Waals surface area contributed by atoms with Gasteiger partial charge in [-0.15, -0.1) is 13.2 Å². The van der Waals surface area contributed by atoms with E-state index in [9.17, 15) is 18.0 Å². The van der Waals surface area contributed by atoms with E-state index in [1.165, 1.54) is 0 Å². The molecule has 0 radical (unpaired) electrons. The van der Waals surface area contributed by atoms with Gasteiger partial charge in [-0.25, -0.2) is 4.79 Å². The van der Waals surface area contributed by atoms with Crippen LogP contribution in [-0.4, -0.2) is 17.4 Å². The smallest absolute Gasteiger partial charge is 0.488 e. The lowest BCUT2D eigenvalue weighted by Crippen LogP contribution is -2.17. The monoisotopic (exact) mass is 390 g/mol. The maximum atomic E-state index is 12.2. The molecule has 0 aromatic heterocycles. The fraction of sp³-hybridized carbons (Fsp3) is 0.133. The molecule has 0 amide bonds. The van der Waals surface area contributed by atoms with Gasteiger partial charge in [-0.05, 0) is 35.9 Å². The number of halogens is 4. The van der Waals surface area contributed by atoms with Crippen LogP contribution >= 0.6 is 15.9 Å². The fourth-order valence-electron chi connectivity index (χ4n) is 1.74. The van der Waals surface area contributed by atoms with Crippen LogP contribution in [0.4, 0.5) is 13.2 Å². The highest BCUT2D eigenvalue weighted by molar-refractivity contribution is 9.10. The Hall–Kier alpha value is -2.22. The van der Waals surface area contributed by atoms with Crippen LogP contribution in [0.1, 0.15) is 15.9 Å². The standard InChI is InChI=1S/C15H10BrF3O4/c16-10-3-1-9(2-4-10)8-22-13-6-5-11(23-15(17,18)19)7-12(13)14(20)21/h1-7H,8H2,(H,20,21). The second-order valence-corrected chi connectivity index (χ2v) is 5.34. The fourth-order valence-corrected chi connectivity index (χ4v) is 2.01. The van der Waals surface area contributed by atoms with Gasteiger partial charge in [-0.1, -0.05) is 28.1 Å². The van der Waals surface area contributed by atoms with Gasteiger partial charge in [-0.3, -0.25) is 0 Å². The Morgan fingerprint density at radius 2 is 1.78 bits per heavy atom. The third-order valence-electron chi connectivity index (χ3n) is 2.72. The van der Waals surface area contributed by atoms with Gasteiger partial charge < -0.3 is 14.6 Å². The van der Waals surface area contributed by atoms with E-state index >= 15 is 0 Å². The first-order valence-electron chi connectivity index (χ1n) is 6.25. The molecule has 0 saturated heterocycles. The molecule has 2 aromatic rings. The number of hydrogen-bond acceptors (Lipinski definition) is 3. The number of hydrogen-bond donors (Lipinski definition) is 1. The SMILES string of the molecule is O=C(O)c1cc(OC(F)(F)F)ccc1OCc1ccc(Br)cc1.